The van der Waals surface area contributed by atoms with E-state index in [1.165, 1.54) is 5.56 Å². The van der Waals surface area contributed by atoms with Gasteiger partial charge in [0.2, 0.25) is 5.91 Å². The standard InChI is InChI=1S/C28H31N3O3/c1-34-26-14-8-13-25(18-26)30-28(33)31-19-23(22-11-6-3-7-12-22)17-24(20-31)27(32)29-16-15-21-9-4-2-5-10-21/h2-14,18,23-24H,15-17,19-20H2,1H3,(H,29,32)(H,30,33)/t23-,24-/m0/s1. The molecule has 34 heavy (non-hydrogen) atoms. The smallest absolute Gasteiger partial charge is 0.321 e. The van der Waals surface area contributed by atoms with Crippen LogP contribution in [0.4, 0.5) is 10.5 Å². The van der Waals surface area contributed by atoms with Crippen LogP contribution in [0.2, 0.25) is 0 Å². The number of benzene rings is 3. The number of methoxy groups -OCH3 is 1. The van der Waals surface area contributed by atoms with Gasteiger partial charge in [0, 0.05) is 37.3 Å². The van der Waals surface area contributed by atoms with E-state index in [0.717, 1.165) is 12.0 Å². The minimum absolute atomic E-state index is 0.00394. The number of nitrogens with one attached hydrogen (secondary N) is 2. The van der Waals surface area contributed by atoms with Crippen molar-refractivity contribution in [3.63, 3.8) is 0 Å². The number of likely N-dealkylation sites (tertiary alicyclic amines) is 1. The monoisotopic (exact) mass is 457 g/mol. The van der Waals surface area contributed by atoms with Gasteiger partial charge in [-0.05, 0) is 36.1 Å². The van der Waals surface area contributed by atoms with Gasteiger partial charge in [0.1, 0.15) is 5.75 Å². The van der Waals surface area contributed by atoms with Crippen molar-refractivity contribution in [2.75, 3.05) is 32.1 Å². The number of nitrogens with zero attached hydrogens (tertiary/aromatic N) is 1. The van der Waals surface area contributed by atoms with Gasteiger partial charge in [-0.3, -0.25) is 4.79 Å². The van der Waals surface area contributed by atoms with Crippen LogP contribution < -0.4 is 15.4 Å². The van der Waals surface area contributed by atoms with Crippen LogP contribution in [-0.2, 0) is 11.2 Å². The predicted octanol–water partition coefficient (Wildman–Crippen LogP) is 4.69. The first kappa shape index (κ1) is 23.4. The minimum Gasteiger partial charge on any atom is -0.497 e. The number of hydrogen-bond acceptors (Lipinski definition) is 3. The topological polar surface area (TPSA) is 70.7 Å². The van der Waals surface area contributed by atoms with Gasteiger partial charge < -0.3 is 20.3 Å². The van der Waals surface area contributed by atoms with E-state index in [1.807, 2.05) is 54.6 Å². The average Bonchev–Trinajstić information content (AvgIpc) is 2.89. The second-order valence-corrected chi connectivity index (χ2v) is 8.63. The third-order valence-electron chi connectivity index (χ3n) is 6.26. The lowest BCUT2D eigenvalue weighted by Gasteiger charge is -2.37. The molecule has 1 aliphatic rings. The molecule has 1 aliphatic heterocycles. The summed E-state index contributed by atoms with van der Waals surface area (Å²) in [7, 11) is 1.59. The van der Waals surface area contributed by atoms with Gasteiger partial charge in [0.05, 0.1) is 13.0 Å². The van der Waals surface area contributed by atoms with Crippen LogP contribution in [0.3, 0.4) is 0 Å². The average molecular weight is 458 g/mol. The molecule has 0 saturated carbocycles. The maximum Gasteiger partial charge on any atom is 0.321 e. The highest BCUT2D eigenvalue weighted by atomic mass is 16.5. The lowest BCUT2D eigenvalue weighted by atomic mass is 9.84. The first-order chi connectivity index (χ1) is 16.6. The largest absolute Gasteiger partial charge is 0.497 e. The van der Waals surface area contributed by atoms with Crippen molar-refractivity contribution in [1.82, 2.24) is 10.2 Å². The van der Waals surface area contributed by atoms with Crippen molar-refractivity contribution in [2.24, 2.45) is 5.92 Å². The molecule has 1 saturated heterocycles. The quantitative estimate of drug-likeness (QED) is 0.541. The van der Waals surface area contributed by atoms with Crippen molar-refractivity contribution < 1.29 is 14.3 Å². The molecule has 1 heterocycles. The zero-order valence-corrected chi connectivity index (χ0v) is 19.4. The lowest BCUT2D eigenvalue weighted by molar-refractivity contribution is -0.126. The molecule has 0 spiro atoms. The number of rotatable bonds is 7. The van der Waals surface area contributed by atoms with Crippen LogP contribution >= 0.6 is 0 Å². The summed E-state index contributed by atoms with van der Waals surface area (Å²) in [4.78, 5) is 28.0. The van der Waals surface area contributed by atoms with E-state index in [4.69, 9.17) is 4.74 Å². The number of piperidine rings is 1. The normalized spacial score (nSPS) is 17.6. The third-order valence-corrected chi connectivity index (χ3v) is 6.26. The van der Waals surface area contributed by atoms with Crippen molar-refractivity contribution in [3.8, 4) is 5.75 Å². The van der Waals surface area contributed by atoms with Crippen LogP contribution in [0.25, 0.3) is 0 Å². The van der Waals surface area contributed by atoms with Gasteiger partial charge in [0.15, 0.2) is 0 Å². The Kier molecular flexibility index (Phi) is 7.81. The summed E-state index contributed by atoms with van der Waals surface area (Å²) in [6.45, 7) is 1.52. The van der Waals surface area contributed by atoms with E-state index >= 15 is 0 Å². The molecule has 1 fully saturated rings. The van der Waals surface area contributed by atoms with Gasteiger partial charge >= 0.3 is 6.03 Å². The number of urea groups is 1. The van der Waals surface area contributed by atoms with Gasteiger partial charge in [0.25, 0.3) is 0 Å². The summed E-state index contributed by atoms with van der Waals surface area (Å²) >= 11 is 0. The summed E-state index contributed by atoms with van der Waals surface area (Å²) < 4.78 is 5.26. The fourth-order valence-corrected chi connectivity index (χ4v) is 4.44. The Morgan fingerprint density at radius 3 is 2.41 bits per heavy atom. The summed E-state index contributed by atoms with van der Waals surface area (Å²) in [5, 5.41) is 6.04. The highest BCUT2D eigenvalue weighted by Crippen LogP contribution is 2.31. The molecule has 0 bridgehead atoms. The molecule has 3 amide bonds. The molecule has 6 nitrogen and oxygen atoms in total. The fourth-order valence-electron chi connectivity index (χ4n) is 4.44. The maximum atomic E-state index is 13.2. The number of hydrogen-bond donors (Lipinski definition) is 2. The van der Waals surface area contributed by atoms with E-state index in [2.05, 4.69) is 34.9 Å². The molecule has 176 valence electrons. The number of ether oxygens (including phenoxy) is 1. The molecule has 0 aromatic heterocycles. The van der Waals surface area contributed by atoms with E-state index in [9.17, 15) is 9.59 Å². The van der Waals surface area contributed by atoms with Crippen LogP contribution in [0, 0.1) is 5.92 Å². The summed E-state index contributed by atoms with van der Waals surface area (Å²) in [5.41, 5.74) is 2.99. The number of carbonyl (C=O) groups is 2. The molecule has 3 aromatic carbocycles. The van der Waals surface area contributed by atoms with Crippen LogP contribution in [0.5, 0.6) is 5.75 Å². The first-order valence-corrected chi connectivity index (χ1v) is 11.7. The van der Waals surface area contributed by atoms with Crippen LogP contribution in [0.15, 0.2) is 84.9 Å². The fraction of sp³-hybridized carbons (Fsp3) is 0.286. The Bertz CT molecular complexity index is 1090. The van der Waals surface area contributed by atoms with Gasteiger partial charge in [-0.15, -0.1) is 0 Å². The van der Waals surface area contributed by atoms with Gasteiger partial charge in [-0.1, -0.05) is 66.7 Å². The van der Waals surface area contributed by atoms with Crippen molar-refractivity contribution in [3.05, 3.63) is 96.1 Å². The molecule has 4 rings (SSSR count). The lowest BCUT2D eigenvalue weighted by Crippen LogP contribution is -2.49. The second-order valence-electron chi connectivity index (χ2n) is 8.63. The van der Waals surface area contributed by atoms with E-state index in [1.54, 1.807) is 18.1 Å². The highest BCUT2D eigenvalue weighted by molar-refractivity contribution is 5.90. The van der Waals surface area contributed by atoms with Gasteiger partial charge in [-0.25, -0.2) is 4.79 Å². The summed E-state index contributed by atoms with van der Waals surface area (Å²) in [6.07, 6.45) is 1.49. The Morgan fingerprint density at radius 1 is 0.941 bits per heavy atom. The van der Waals surface area contributed by atoms with Crippen LogP contribution in [0.1, 0.15) is 23.5 Å². The Labute approximate surface area is 200 Å². The van der Waals surface area contributed by atoms with E-state index in [-0.39, 0.29) is 23.8 Å². The van der Waals surface area contributed by atoms with E-state index < -0.39 is 0 Å². The summed E-state index contributed by atoms with van der Waals surface area (Å²) in [5.74, 6) is 0.492. The predicted molar refractivity (Wildman–Crippen MR) is 134 cm³/mol. The third kappa shape index (κ3) is 6.16. The second kappa shape index (κ2) is 11.4. The molecule has 2 N–H and O–H groups in total. The van der Waals surface area contributed by atoms with Crippen LogP contribution in [-0.4, -0.2) is 43.6 Å². The molecule has 6 heteroatoms. The maximum absolute atomic E-state index is 13.2. The van der Waals surface area contributed by atoms with E-state index in [0.29, 0.717) is 37.5 Å². The number of amides is 3. The Morgan fingerprint density at radius 2 is 1.68 bits per heavy atom. The minimum atomic E-state index is -0.272. The number of carbonyl (C=O) groups excluding carboxylic acids is 2. The molecule has 0 aliphatic carbocycles. The Balaban J connectivity index is 1.44. The first-order valence-electron chi connectivity index (χ1n) is 11.7. The zero-order valence-electron chi connectivity index (χ0n) is 19.4. The SMILES string of the molecule is COc1cccc(NC(=O)N2C[C@@H](C(=O)NCCc3ccccc3)C[C@H](c3ccccc3)C2)c1. The molecular weight excluding hydrogens is 426 g/mol. The number of anilines is 1. The highest BCUT2D eigenvalue weighted by Gasteiger charge is 2.34. The molecule has 0 unspecified atom stereocenters. The zero-order chi connectivity index (χ0) is 23.8. The van der Waals surface area contributed by atoms with Gasteiger partial charge in [-0.2, -0.15) is 0 Å². The van der Waals surface area contributed by atoms with Crippen molar-refractivity contribution in [1.29, 1.82) is 0 Å². The Hall–Kier alpha value is -3.80. The molecule has 3 aromatic rings. The summed E-state index contributed by atoms with van der Waals surface area (Å²) in [6, 6.07) is 27.3. The molecular formula is C28H31N3O3. The van der Waals surface area contributed by atoms with Crippen molar-refractivity contribution in [2.45, 2.75) is 18.8 Å². The van der Waals surface area contributed by atoms with Crippen molar-refractivity contribution >= 4 is 17.6 Å². The molecule has 2 atom stereocenters. The molecule has 0 radical (unpaired) electrons.